The molecule has 0 N–H and O–H groups in total. The Balaban J connectivity index is 1.23. The summed E-state index contributed by atoms with van der Waals surface area (Å²) in [4.78, 5) is 14.5. The van der Waals surface area contributed by atoms with Gasteiger partial charge in [-0.3, -0.25) is 4.79 Å². The number of aromatic nitrogens is 3. The Morgan fingerprint density at radius 3 is 2.79 bits per heavy atom. The van der Waals surface area contributed by atoms with E-state index in [1.165, 1.54) is 0 Å². The third-order valence-electron chi connectivity index (χ3n) is 5.04. The average Bonchev–Trinajstić information content (AvgIpc) is 3.46. The lowest BCUT2D eigenvalue weighted by molar-refractivity contribution is 0.0580. The molecule has 29 heavy (non-hydrogen) atoms. The van der Waals surface area contributed by atoms with Gasteiger partial charge in [-0.15, -0.1) is 5.10 Å². The molecule has 5 rings (SSSR count). The van der Waals surface area contributed by atoms with Crippen LogP contribution in [-0.2, 0) is 0 Å². The van der Waals surface area contributed by atoms with Crippen molar-refractivity contribution in [3.8, 4) is 17.4 Å². The molecule has 1 saturated heterocycles. The Morgan fingerprint density at radius 2 is 1.97 bits per heavy atom. The molecule has 0 aliphatic carbocycles. The summed E-state index contributed by atoms with van der Waals surface area (Å²) in [6, 6.07) is 13.0. The zero-order valence-corrected chi connectivity index (χ0v) is 15.5. The Hall–Kier alpha value is -3.68. The molecule has 146 valence electrons. The maximum absolute atomic E-state index is 12.7. The number of likely N-dealkylation sites (tertiary alicyclic amines) is 1. The van der Waals surface area contributed by atoms with E-state index in [2.05, 4.69) is 15.4 Å². The topological polar surface area (TPSA) is 94.5 Å². The number of nitrogens with zero attached hydrogens (tertiary/aromatic N) is 4. The maximum atomic E-state index is 12.7. The fourth-order valence-corrected chi connectivity index (χ4v) is 3.50. The van der Waals surface area contributed by atoms with Crippen LogP contribution in [0.15, 0.2) is 63.9 Å². The number of hydrogen-bond donors (Lipinski definition) is 0. The predicted octanol–water partition coefficient (Wildman–Crippen LogP) is 3.56. The van der Waals surface area contributed by atoms with E-state index >= 15 is 0 Å². The van der Waals surface area contributed by atoms with Gasteiger partial charge in [0.25, 0.3) is 5.91 Å². The van der Waals surface area contributed by atoms with Crippen molar-refractivity contribution in [3.63, 3.8) is 0 Å². The molecule has 1 aliphatic heterocycles. The van der Waals surface area contributed by atoms with Gasteiger partial charge in [-0.25, -0.2) is 0 Å². The summed E-state index contributed by atoms with van der Waals surface area (Å²) in [5.41, 5.74) is 0.274. The van der Waals surface area contributed by atoms with Crippen LogP contribution >= 0.6 is 0 Å². The fourth-order valence-electron chi connectivity index (χ4n) is 3.50. The summed E-state index contributed by atoms with van der Waals surface area (Å²) in [6.07, 6.45) is 4.66. The summed E-state index contributed by atoms with van der Waals surface area (Å²) in [5.74, 6) is 1.35. The second-order valence-corrected chi connectivity index (χ2v) is 6.90. The Labute approximate surface area is 166 Å². The predicted molar refractivity (Wildman–Crippen MR) is 103 cm³/mol. The summed E-state index contributed by atoms with van der Waals surface area (Å²) < 4.78 is 16.6. The fraction of sp³-hybridized carbons (Fsp3) is 0.238. The number of hydrogen-bond acceptors (Lipinski definition) is 7. The van der Waals surface area contributed by atoms with Crippen molar-refractivity contribution < 1.29 is 18.5 Å². The van der Waals surface area contributed by atoms with Gasteiger partial charge >= 0.3 is 0 Å². The number of ether oxygens (including phenoxy) is 1. The van der Waals surface area contributed by atoms with Gasteiger partial charge in [0.05, 0.1) is 12.5 Å². The first-order valence-corrected chi connectivity index (χ1v) is 9.45. The standard InChI is InChI=1S/C21H18N4O4/c26-21(17-12-19(29-24-17)18-6-3-11-27-18)25-9-7-15(8-10-25)28-20-16-5-2-1-4-14(16)13-22-23-20/h1-6,11-13,15H,7-10H2. The second-order valence-electron chi connectivity index (χ2n) is 6.90. The molecule has 1 aliphatic rings. The molecule has 3 aromatic heterocycles. The molecule has 0 radical (unpaired) electrons. The van der Waals surface area contributed by atoms with E-state index in [9.17, 15) is 4.79 Å². The molecule has 8 heteroatoms. The quantitative estimate of drug-likeness (QED) is 0.526. The summed E-state index contributed by atoms with van der Waals surface area (Å²) in [6.45, 7) is 1.15. The van der Waals surface area contributed by atoms with Crippen LogP contribution in [0, 0.1) is 0 Å². The number of benzene rings is 1. The van der Waals surface area contributed by atoms with Gasteiger partial charge in [0.15, 0.2) is 11.5 Å². The second kappa shape index (κ2) is 7.38. The molecule has 0 spiro atoms. The average molecular weight is 390 g/mol. The third kappa shape index (κ3) is 3.44. The van der Waals surface area contributed by atoms with Gasteiger partial charge in [-0.1, -0.05) is 23.4 Å². The molecular weight excluding hydrogens is 372 g/mol. The molecule has 0 unspecified atom stereocenters. The highest BCUT2D eigenvalue weighted by molar-refractivity contribution is 5.93. The van der Waals surface area contributed by atoms with Crippen molar-refractivity contribution in [1.82, 2.24) is 20.3 Å². The highest BCUT2D eigenvalue weighted by atomic mass is 16.5. The van der Waals surface area contributed by atoms with Crippen molar-refractivity contribution in [1.29, 1.82) is 0 Å². The Bertz CT molecular complexity index is 1130. The number of carbonyl (C=O) groups excluding carboxylic acids is 1. The van der Waals surface area contributed by atoms with Gasteiger partial charge in [-0.05, 0) is 18.2 Å². The first-order chi connectivity index (χ1) is 14.3. The minimum Gasteiger partial charge on any atom is -0.473 e. The molecule has 0 atom stereocenters. The molecule has 8 nitrogen and oxygen atoms in total. The van der Waals surface area contributed by atoms with Gasteiger partial charge in [-0.2, -0.15) is 5.10 Å². The van der Waals surface area contributed by atoms with Crippen LogP contribution < -0.4 is 4.74 Å². The molecule has 1 amide bonds. The third-order valence-corrected chi connectivity index (χ3v) is 5.04. The smallest absolute Gasteiger partial charge is 0.276 e. The number of rotatable bonds is 4. The zero-order valence-electron chi connectivity index (χ0n) is 15.5. The van der Waals surface area contributed by atoms with Crippen LogP contribution in [0.2, 0.25) is 0 Å². The van der Waals surface area contributed by atoms with E-state index in [1.807, 2.05) is 24.3 Å². The number of furan rings is 1. The van der Waals surface area contributed by atoms with E-state index in [0.29, 0.717) is 43.3 Å². The van der Waals surface area contributed by atoms with E-state index in [4.69, 9.17) is 13.7 Å². The monoisotopic (exact) mass is 390 g/mol. The van der Waals surface area contributed by atoms with Gasteiger partial charge in [0, 0.05) is 42.8 Å². The highest BCUT2D eigenvalue weighted by Crippen LogP contribution is 2.26. The molecular formula is C21H18N4O4. The van der Waals surface area contributed by atoms with E-state index in [0.717, 1.165) is 10.8 Å². The molecule has 1 fully saturated rings. The molecule has 0 saturated carbocycles. The van der Waals surface area contributed by atoms with E-state index in [-0.39, 0.29) is 17.7 Å². The molecule has 0 bridgehead atoms. The minimum absolute atomic E-state index is 0.0184. The van der Waals surface area contributed by atoms with Crippen molar-refractivity contribution in [2.45, 2.75) is 18.9 Å². The van der Waals surface area contributed by atoms with Crippen LogP contribution in [0.25, 0.3) is 22.3 Å². The summed E-state index contributed by atoms with van der Waals surface area (Å²) in [5, 5.41) is 14.0. The zero-order chi connectivity index (χ0) is 19.6. The van der Waals surface area contributed by atoms with Gasteiger partial charge < -0.3 is 18.6 Å². The Morgan fingerprint density at radius 1 is 1.10 bits per heavy atom. The van der Waals surface area contributed by atoms with Crippen molar-refractivity contribution in [2.24, 2.45) is 0 Å². The maximum Gasteiger partial charge on any atom is 0.276 e. The summed E-state index contributed by atoms with van der Waals surface area (Å²) in [7, 11) is 0. The summed E-state index contributed by atoms with van der Waals surface area (Å²) >= 11 is 0. The molecule has 4 aromatic rings. The van der Waals surface area contributed by atoms with Crippen molar-refractivity contribution in [2.75, 3.05) is 13.1 Å². The normalized spacial score (nSPS) is 15.0. The molecule has 1 aromatic carbocycles. The lowest BCUT2D eigenvalue weighted by Gasteiger charge is -2.31. The lowest BCUT2D eigenvalue weighted by Crippen LogP contribution is -2.42. The lowest BCUT2D eigenvalue weighted by atomic mass is 10.1. The van der Waals surface area contributed by atoms with Crippen LogP contribution in [0.4, 0.5) is 0 Å². The Kier molecular flexibility index (Phi) is 4.44. The number of carbonyl (C=O) groups is 1. The first kappa shape index (κ1) is 17.4. The van der Waals surface area contributed by atoms with Crippen LogP contribution in [0.5, 0.6) is 5.88 Å². The first-order valence-electron chi connectivity index (χ1n) is 9.45. The minimum atomic E-state index is -0.157. The van der Waals surface area contributed by atoms with Gasteiger partial charge in [0.1, 0.15) is 6.10 Å². The highest BCUT2D eigenvalue weighted by Gasteiger charge is 2.27. The molecule has 4 heterocycles. The van der Waals surface area contributed by atoms with Crippen LogP contribution in [0.1, 0.15) is 23.3 Å². The number of fused-ring (bicyclic) bond motifs is 1. The van der Waals surface area contributed by atoms with Crippen molar-refractivity contribution >= 4 is 16.7 Å². The van der Waals surface area contributed by atoms with Gasteiger partial charge in [0.2, 0.25) is 11.6 Å². The van der Waals surface area contributed by atoms with Crippen LogP contribution in [-0.4, -0.2) is 45.4 Å². The van der Waals surface area contributed by atoms with E-state index < -0.39 is 0 Å². The van der Waals surface area contributed by atoms with Crippen molar-refractivity contribution in [3.05, 3.63) is 60.6 Å². The van der Waals surface area contributed by atoms with E-state index in [1.54, 1.807) is 35.6 Å². The largest absolute Gasteiger partial charge is 0.473 e. The SMILES string of the molecule is O=C(c1cc(-c2ccco2)on1)N1CCC(Oc2nncc3ccccc23)CC1. The number of piperidine rings is 1. The number of amides is 1. The van der Waals surface area contributed by atoms with Crippen LogP contribution in [0.3, 0.4) is 0 Å².